The number of fused-ring (bicyclic) bond motifs is 1. The van der Waals surface area contributed by atoms with Crippen molar-refractivity contribution >= 4 is 34.1 Å². The van der Waals surface area contributed by atoms with Crippen LogP contribution in [0, 0.1) is 0 Å². The predicted molar refractivity (Wildman–Crippen MR) is 112 cm³/mol. The molecule has 0 amide bonds. The molecule has 0 bridgehead atoms. The highest BCUT2D eigenvalue weighted by Crippen LogP contribution is 2.33. The van der Waals surface area contributed by atoms with E-state index in [-0.39, 0.29) is 16.7 Å². The quantitative estimate of drug-likeness (QED) is 0.402. The second-order valence-electron chi connectivity index (χ2n) is 6.51. The fourth-order valence-electron chi connectivity index (χ4n) is 3.00. The Labute approximate surface area is 184 Å². The number of anilines is 2. The van der Waals surface area contributed by atoms with Gasteiger partial charge in [-0.05, 0) is 24.3 Å². The summed E-state index contributed by atoms with van der Waals surface area (Å²) in [5.41, 5.74) is 7.71. The minimum absolute atomic E-state index is 0.0146. The van der Waals surface area contributed by atoms with Crippen LogP contribution in [0.2, 0.25) is 5.02 Å². The molecule has 12 heteroatoms. The molecule has 0 saturated carbocycles. The number of pyridine rings is 1. The van der Waals surface area contributed by atoms with Gasteiger partial charge in [-0.1, -0.05) is 17.7 Å². The van der Waals surface area contributed by atoms with Crippen molar-refractivity contribution in [3.05, 3.63) is 60.1 Å². The molecule has 0 aliphatic rings. The van der Waals surface area contributed by atoms with Crippen molar-refractivity contribution in [3.63, 3.8) is 0 Å². The molecular weight excluding hydrogens is 449 g/mol. The van der Waals surface area contributed by atoms with Gasteiger partial charge in [0.1, 0.15) is 28.4 Å². The number of hydrogen-bond donors (Lipinski definition) is 2. The minimum Gasteiger partial charge on any atom is -0.437 e. The molecule has 4 rings (SSSR count). The molecule has 3 aromatic heterocycles. The number of nitrogens with zero attached hydrogens (tertiary/aromatic N) is 4. The average molecular weight is 465 g/mol. The van der Waals surface area contributed by atoms with E-state index in [1.165, 1.54) is 24.7 Å². The fraction of sp³-hybridized carbons (Fsp3) is 0.150. The maximum absolute atomic E-state index is 12.4. The number of ether oxygens (including phenoxy) is 2. The third-order valence-electron chi connectivity index (χ3n) is 4.24. The summed E-state index contributed by atoms with van der Waals surface area (Å²) in [5.74, 6) is 0.217. The van der Waals surface area contributed by atoms with Crippen LogP contribution in [-0.4, -0.2) is 32.4 Å². The van der Waals surface area contributed by atoms with Crippen LogP contribution in [0.25, 0.3) is 11.0 Å². The van der Waals surface area contributed by atoms with E-state index in [2.05, 4.69) is 25.0 Å². The van der Waals surface area contributed by atoms with Gasteiger partial charge in [-0.3, -0.25) is 0 Å². The summed E-state index contributed by atoms with van der Waals surface area (Å²) in [4.78, 5) is 12.7. The smallest absolute Gasteiger partial charge is 0.437 e. The lowest BCUT2D eigenvalue weighted by molar-refractivity contribution is -0.274. The second kappa shape index (κ2) is 8.89. The second-order valence-corrected chi connectivity index (χ2v) is 6.92. The van der Waals surface area contributed by atoms with E-state index in [1.54, 1.807) is 6.07 Å². The van der Waals surface area contributed by atoms with Gasteiger partial charge in [0.05, 0.1) is 17.4 Å². The molecule has 4 aromatic rings. The van der Waals surface area contributed by atoms with Gasteiger partial charge in [0.2, 0.25) is 5.88 Å². The number of hydrogen-bond acceptors (Lipinski definition) is 7. The van der Waals surface area contributed by atoms with Crippen molar-refractivity contribution in [3.8, 4) is 17.4 Å². The van der Waals surface area contributed by atoms with Crippen LogP contribution in [0.1, 0.15) is 0 Å². The SMILES string of the molecule is NCCn1ccc2ncnc(Nc3cnc(Oc4cccc(OC(F)(F)F)c4)c(Cl)c3)c21. The minimum atomic E-state index is -4.81. The van der Waals surface area contributed by atoms with Crippen LogP contribution in [0.3, 0.4) is 0 Å². The molecule has 166 valence electrons. The molecule has 0 atom stereocenters. The molecule has 0 unspecified atom stereocenters. The Morgan fingerprint density at radius 3 is 2.66 bits per heavy atom. The highest BCUT2D eigenvalue weighted by Gasteiger charge is 2.31. The molecule has 0 saturated heterocycles. The van der Waals surface area contributed by atoms with E-state index in [0.29, 0.717) is 24.6 Å². The fourth-order valence-corrected chi connectivity index (χ4v) is 3.21. The van der Waals surface area contributed by atoms with Crippen LogP contribution in [-0.2, 0) is 6.54 Å². The zero-order valence-corrected chi connectivity index (χ0v) is 17.1. The van der Waals surface area contributed by atoms with Crippen molar-refractivity contribution in [2.75, 3.05) is 11.9 Å². The molecular formula is C20H16ClF3N6O2. The van der Waals surface area contributed by atoms with Crippen LogP contribution in [0.5, 0.6) is 17.4 Å². The number of alkyl halides is 3. The molecule has 3 N–H and O–H groups in total. The van der Waals surface area contributed by atoms with Gasteiger partial charge in [-0.15, -0.1) is 13.2 Å². The summed E-state index contributed by atoms with van der Waals surface area (Å²) in [6.07, 6.45) is -0.0458. The summed E-state index contributed by atoms with van der Waals surface area (Å²) in [5, 5.41) is 3.28. The van der Waals surface area contributed by atoms with Gasteiger partial charge in [0.15, 0.2) is 5.82 Å². The van der Waals surface area contributed by atoms with Crippen LogP contribution in [0.15, 0.2) is 55.1 Å². The third-order valence-corrected chi connectivity index (χ3v) is 4.51. The highest BCUT2D eigenvalue weighted by atomic mass is 35.5. The normalized spacial score (nSPS) is 11.5. The van der Waals surface area contributed by atoms with Gasteiger partial charge in [0, 0.05) is 25.4 Å². The lowest BCUT2D eigenvalue weighted by Gasteiger charge is -2.12. The first kappa shape index (κ1) is 21.7. The number of halogens is 4. The highest BCUT2D eigenvalue weighted by molar-refractivity contribution is 6.32. The molecule has 32 heavy (non-hydrogen) atoms. The van der Waals surface area contributed by atoms with Crippen LogP contribution in [0.4, 0.5) is 24.7 Å². The Balaban J connectivity index is 1.54. The van der Waals surface area contributed by atoms with E-state index in [0.717, 1.165) is 23.2 Å². The van der Waals surface area contributed by atoms with Crippen molar-refractivity contribution in [1.29, 1.82) is 0 Å². The third kappa shape index (κ3) is 5.01. The average Bonchev–Trinajstić information content (AvgIpc) is 3.13. The standard InChI is InChI=1S/C20H16ClF3N6O2/c21-15-8-12(29-18-17-16(27-11-28-18)4-6-30(17)7-5-25)10-26-19(15)31-13-2-1-3-14(9-13)32-20(22,23)24/h1-4,6,8-11H,5,7,25H2,(H,27,28,29). The monoisotopic (exact) mass is 464 g/mol. The van der Waals surface area contributed by atoms with Crippen LogP contribution >= 0.6 is 11.6 Å². The van der Waals surface area contributed by atoms with E-state index in [9.17, 15) is 13.2 Å². The lowest BCUT2D eigenvalue weighted by Crippen LogP contribution is -2.17. The predicted octanol–water partition coefficient (Wildman–Crippen LogP) is 4.87. The van der Waals surface area contributed by atoms with Crippen molar-refractivity contribution < 1.29 is 22.6 Å². The van der Waals surface area contributed by atoms with Crippen LogP contribution < -0.4 is 20.5 Å². The maximum Gasteiger partial charge on any atom is 0.573 e. The Morgan fingerprint density at radius 2 is 1.91 bits per heavy atom. The van der Waals surface area contributed by atoms with Gasteiger partial charge in [-0.2, -0.15) is 0 Å². The zero-order chi connectivity index (χ0) is 22.7. The van der Waals surface area contributed by atoms with E-state index in [4.69, 9.17) is 22.1 Å². The summed E-state index contributed by atoms with van der Waals surface area (Å²) in [7, 11) is 0. The van der Waals surface area contributed by atoms with E-state index < -0.39 is 12.1 Å². The maximum atomic E-state index is 12.4. The van der Waals surface area contributed by atoms with Crippen molar-refractivity contribution in [1.82, 2.24) is 19.5 Å². The topological polar surface area (TPSA) is 100 Å². The Bertz CT molecular complexity index is 1250. The van der Waals surface area contributed by atoms with Gasteiger partial charge in [-0.25, -0.2) is 15.0 Å². The van der Waals surface area contributed by atoms with Gasteiger partial charge in [0.25, 0.3) is 0 Å². The van der Waals surface area contributed by atoms with Crippen molar-refractivity contribution in [2.24, 2.45) is 5.73 Å². The number of nitrogens with two attached hydrogens (primary N) is 1. The molecule has 0 spiro atoms. The number of benzene rings is 1. The first-order valence-electron chi connectivity index (χ1n) is 9.28. The summed E-state index contributed by atoms with van der Waals surface area (Å²) >= 11 is 6.28. The Kier molecular flexibility index (Phi) is 6.01. The number of nitrogens with one attached hydrogen (secondary N) is 1. The molecule has 8 nitrogen and oxygen atoms in total. The number of rotatable bonds is 7. The largest absolute Gasteiger partial charge is 0.573 e. The molecule has 0 aliphatic carbocycles. The zero-order valence-electron chi connectivity index (χ0n) is 16.3. The Hall–Kier alpha value is -3.57. The summed E-state index contributed by atoms with van der Waals surface area (Å²) in [6, 6.07) is 8.47. The summed E-state index contributed by atoms with van der Waals surface area (Å²) < 4.78 is 48.6. The first-order valence-corrected chi connectivity index (χ1v) is 9.66. The van der Waals surface area contributed by atoms with E-state index in [1.807, 2.05) is 16.8 Å². The molecule has 1 aromatic carbocycles. The van der Waals surface area contributed by atoms with Gasteiger partial charge < -0.3 is 25.1 Å². The number of aromatic nitrogens is 4. The lowest BCUT2D eigenvalue weighted by atomic mass is 10.3. The van der Waals surface area contributed by atoms with Gasteiger partial charge >= 0.3 is 6.36 Å². The molecule has 0 fully saturated rings. The first-order chi connectivity index (χ1) is 15.3. The van der Waals surface area contributed by atoms with E-state index >= 15 is 0 Å². The molecule has 0 aliphatic heterocycles. The Morgan fingerprint density at radius 1 is 1.09 bits per heavy atom. The molecule has 3 heterocycles. The summed E-state index contributed by atoms with van der Waals surface area (Å²) in [6.45, 7) is 1.04. The molecule has 0 radical (unpaired) electrons. The van der Waals surface area contributed by atoms with Crippen molar-refractivity contribution in [2.45, 2.75) is 12.9 Å².